The lowest BCUT2D eigenvalue weighted by Crippen LogP contribution is -2.02. The van der Waals surface area contributed by atoms with Gasteiger partial charge in [-0.2, -0.15) is 5.10 Å². The topological polar surface area (TPSA) is 131 Å². The molecule has 4 aromatic rings. The molecule has 4 rings (SSSR count). The normalized spacial score (nSPS) is 11.4. The van der Waals surface area contributed by atoms with E-state index in [4.69, 9.17) is 4.74 Å². The predicted octanol–water partition coefficient (Wildman–Crippen LogP) is 0.173. The Kier molecular flexibility index (Phi) is 2.91. The third-order valence-electron chi connectivity index (χ3n) is 3.52. The molecule has 0 radical (unpaired) electrons. The Morgan fingerprint density at radius 1 is 1.33 bits per heavy atom. The van der Waals surface area contributed by atoms with Gasteiger partial charge >= 0.3 is 11.6 Å². The first-order valence-corrected chi connectivity index (χ1v) is 6.84. The van der Waals surface area contributed by atoms with Gasteiger partial charge in [-0.05, 0) is 0 Å². The molecule has 4 aromatic heterocycles. The van der Waals surface area contributed by atoms with Gasteiger partial charge in [-0.1, -0.05) is 0 Å². The van der Waals surface area contributed by atoms with E-state index in [0.29, 0.717) is 17.1 Å². The standard InChI is InChI=1S/C12H11N9O3/c1-18-10-7(3-14-18)11-15-9(16-20(11)6-13-10)5-19-4-8(21(22)23)12(17-19)24-2/h3-4,6H,5H2,1-2H3. The fourth-order valence-corrected chi connectivity index (χ4v) is 2.44. The molecule has 0 fully saturated rings. The van der Waals surface area contributed by atoms with E-state index in [1.807, 2.05) is 0 Å². The molecule has 0 N–H and O–H groups in total. The maximum absolute atomic E-state index is 11.0. The minimum atomic E-state index is -0.553. The Hall–Kier alpha value is -3.57. The SMILES string of the molecule is COc1nn(Cc2nc3c4cnn(C)c4ncn3n2)cc1[N+](=O)[O-]. The van der Waals surface area contributed by atoms with Crippen molar-refractivity contribution in [3.63, 3.8) is 0 Å². The van der Waals surface area contributed by atoms with Crippen molar-refractivity contribution >= 4 is 22.4 Å². The highest BCUT2D eigenvalue weighted by atomic mass is 16.6. The van der Waals surface area contributed by atoms with Gasteiger partial charge in [-0.3, -0.25) is 19.5 Å². The quantitative estimate of drug-likeness (QED) is 0.382. The van der Waals surface area contributed by atoms with Crippen LogP contribution in [0.15, 0.2) is 18.7 Å². The van der Waals surface area contributed by atoms with Crippen molar-refractivity contribution in [1.82, 2.24) is 39.1 Å². The van der Waals surface area contributed by atoms with Crippen molar-refractivity contribution in [1.29, 1.82) is 0 Å². The Balaban J connectivity index is 1.75. The first-order valence-electron chi connectivity index (χ1n) is 6.84. The summed E-state index contributed by atoms with van der Waals surface area (Å²) >= 11 is 0. The third kappa shape index (κ3) is 2.04. The van der Waals surface area contributed by atoms with Crippen molar-refractivity contribution in [2.24, 2.45) is 7.05 Å². The minimum absolute atomic E-state index is 0.0555. The molecule has 0 amide bonds. The zero-order valence-corrected chi connectivity index (χ0v) is 12.7. The van der Waals surface area contributed by atoms with Crippen molar-refractivity contribution in [2.75, 3.05) is 7.11 Å². The predicted molar refractivity (Wildman–Crippen MR) is 79.6 cm³/mol. The summed E-state index contributed by atoms with van der Waals surface area (Å²) in [6.07, 6.45) is 4.49. The van der Waals surface area contributed by atoms with E-state index < -0.39 is 4.92 Å². The van der Waals surface area contributed by atoms with Crippen LogP contribution >= 0.6 is 0 Å². The second-order valence-electron chi connectivity index (χ2n) is 5.02. The summed E-state index contributed by atoms with van der Waals surface area (Å²) in [6.45, 7) is 0.160. The summed E-state index contributed by atoms with van der Waals surface area (Å²) in [5, 5.41) is 24.2. The van der Waals surface area contributed by atoms with Crippen LogP contribution in [0.1, 0.15) is 5.82 Å². The fourth-order valence-electron chi connectivity index (χ4n) is 2.44. The van der Waals surface area contributed by atoms with Gasteiger partial charge in [-0.25, -0.2) is 14.5 Å². The smallest absolute Gasteiger partial charge is 0.350 e. The van der Waals surface area contributed by atoms with Crippen molar-refractivity contribution < 1.29 is 9.66 Å². The lowest BCUT2D eigenvalue weighted by molar-refractivity contribution is -0.385. The second kappa shape index (κ2) is 4.97. The van der Waals surface area contributed by atoms with Crippen LogP contribution < -0.4 is 4.74 Å². The highest BCUT2D eigenvalue weighted by Gasteiger charge is 2.21. The molecule has 12 heteroatoms. The van der Waals surface area contributed by atoms with E-state index in [0.717, 1.165) is 5.39 Å². The Labute approximate surface area is 133 Å². The molecule has 0 aliphatic rings. The van der Waals surface area contributed by atoms with Crippen LogP contribution in [0.3, 0.4) is 0 Å². The van der Waals surface area contributed by atoms with E-state index >= 15 is 0 Å². The molecule has 0 bridgehead atoms. The average Bonchev–Trinajstić information content (AvgIpc) is 3.23. The molecule has 0 spiro atoms. The summed E-state index contributed by atoms with van der Waals surface area (Å²) in [7, 11) is 3.12. The second-order valence-corrected chi connectivity index (χ2v) is 5.02. The van der Waals surface area contributed by atoms with Gasteiger partial charge in [0.25, 0.3) is 0 Å². The zero-order chi connectivity index (χ0) is 16.8. The molecule has 0 saturated heterocycles. The number of fused-ring (bicyclic) bond motifs is 3. The van der Waals surface area contributed by atoms with Gasteiger partial charge < -0.3 is 4.74 Å². The summed E-state index contributed by atoms with van der Waals surface area (Å²) < 4.78 is 9.44. The van der Waals surface area contributed by atoms with Crippen LogP contribution in [-0.4, -0.2) is 51.2 Å². The number of aromatic nitrogens is 8. The highest BCUT2D eigenvalue weighted by Crippen LogP contribution is 2.24. The zero-order valence-electron chi connectivity index (χ0n) is 12.7. The van der Waals surface area contributed by atoms with Gasteiger partial charge in [0.2, 0.25) is 0 Å². The largest absolute Gasteiger partial charge is 0.475 e. The van der Waals surface area contributed by atoms with E-state index in [1.54, 1.807) is 24.3 Å². The van der Waals surface area contributed by atoms with Crippen LogP contribution in [-0.2, 0) is 13.6 Å². The van der Waals surface area contributed by atoms with Crippen LogP contribution in [0, 0.1) is 10.1 Å². The maximum Gasteiger partial charge on any atom is 0.350 e. The number of ether oxygens (including phenoxy) is 1. The molecule has 4 heterocycles. The Bertz CT molecular complexity index is 1080. The molecule has 122 valence electrons. The van der Waals surface area contributed by atoms with Gasteiger partial charge in [0.1, 0.15) is 19.1 Å². The molecule has 0 unspecified atom stereocenters. The van der Waals surface area contributed by atoms with E-state index in [-0.39, 0.29) is 18.1 Å². The van der Waals surface area contributed by atoms with E-state index in [1.165, 1.54) is 22.5 Å². The first kappa shape index (κ1) is 14.0. The summed E-state index contributed by atoms with van der Waals surface area (Å²) in [5.41, 5.74) is 1.09. The molecular formula is C12H11N9O3. The number of nitrogens with zero attached hydrogens (tertiary/aromatic N) is 9. The van der Waals surface area contributed by atoms with Crippen molar-refractivity contribution in [3.05, 3.63) is 34.7 Å². The molecule has 0 aliphatic carbocycles. The van der Waals surface area contributed by atoms with Crippen LogP contribution in [0.4, 0.5) is 5.69 Å². The number of hydrogen-bond donors (Lipinski definition) is 0. The fraction of sp³-hybridized carbons (Fsp3) is 0.250. The number of methoxy groups -OCH3 is 1. The Morgan fingerprint density at radius 3 is 2.88 bits per heavy atom. The van der Waals surface area contributed by atoms with Crippen LogP contribution in [0.25, 0.3) is 16.7 Å². The minimum Gasteiger partial charge on any atom is -0.475 e. The summed E-state index contributed by atoms with van der Waals surface area (Å²) in [4.78, 5) is 19.1. The first-order chi connectivity index (χ1) is 11.6. The number of hydrogen-bond acceptors (Lipinski definition) is 8. The van der Waals surface area contributed by atoms with Gasteiger partial charge in [0.05, 0.1) is 23.6 Å². The van der Waals surface area contributed by atoms with Crippen LogP contribution in [0.2, 0.25) is 0 Å². The number of aryl methyl sites for hydroxylation is 1. The molecular weight excluding hydrogens is 318 g/mol. The monoisotopic (exact) mass is 329 g/mol. The number of rotatable bonds is 4. The average molecular weight is 329 g/mol. The van der Waals surface area contributed by atoms with Crippen molar-refractivity contribution in [2.45, 2.75) is 6.54 Å². The molecule has 0 aromatic carbocycles. The number of nitro groups is 1. The molecule has 0 saturated carbocycles. The lowest BCUT2D eigenvalue weighted by atomic mass is 10.4. The molecule has 12 nitrogen and oxygen atoms in total. The maximum atomic E-state index is 11.0. The van der Waals surface area contributed by atoms with Gasteiger partial charge in [0.15, 0.2) is 17.1 Å². The van der Waals surface area contributed by atoms with Gasteiger partial charge in [-0.15, -0.1) is 10.2 Å². The van der Waals surface area contributed by atoms with Gasteiger partial charge in [0, 0.05) is 7.05 Å². The van der Waals surface area contributed by atoms with Crippen LogP contribution in [0.5, 0.6) is 5.88 Å². The third-order valence-corrected chi connectivity index (χ3v) is 3.52. The van der Waals surface area contributed by atoms with E-state index in [9.17, 15) is 10.1 Å². The van der Waals surface area contributed by atoms with E-state index in [2.05, 4.69) is 25.3 Å². The van der Waals surface area contributed by atoms with Crippen molar-refractivity contribution in [3.8, 4) is 5.88 Å². The highest BCUT2D eigenvalue weighted by molar-refractivity contribution is 5.88. The summed E-state index contributed by atoms with van der Waals surface area (Å²) in [6, 6.07) is 0. The molecule has 24 heavy (non-hydrogen) atoms. The Morgan fingerprint density at radius 2 is 2.17 bits per heavy atom. The summed E-state index contributed by atoms with van der Waals surface area (Å²) in [5.74, 6) is 0.383. The molecule has 0 atom stereocenters. The lowest BCUT2D eigenvalue weighted by Gasteiger charge is -1.94. The molecule has 0 aliphatic heterocycles.